The number of hydrogen-bond donors (Lipinski definition) is 2. The smallest absolute Gasteiger partial charge is 0.382 e. The minimum atomic E-state index is -4.27. The third-order valence-electron chi connectivity index (χ3n) is 2.90. The van der Waals surface area contributed by atoms with Gasteiger partial charge in [-0.25, -0.2) is 0 Å². The molecule has 0 atom stereocenters. The first kappa shape index (κ1) is 15.1. The normalized spacial score (nSPS) is 17.1. The van der Waals surface area contributed by atoms with E-state index in [1.165, 1.54) is 12.1 Å². The lowest BCUT2D eigenvalue weighted by atomic mass is 10.1. The van der Waals surface area contributed by atoms with E-state index in [4.69, 9.17) is 0 Å². The van der Waals surface area contributed by atoms with Crippen LogP contribution < -0.4 is 10.6 Å². The number of hydrogen-bond acceptors (Lipinski definition) is 2. The Labute approximate surface area is 110 Å². The zero-order valence-electron chi connectivity index (χ0n) is 9.76. The third kappa shape index (κ3) is 4.07. The first-order chi connectivity index (χ1) is 8.05. The Morgan fingerprint density at radius 1 is 1.17 bits per heavy atom. The van der Waals surface area contributed by atoms with Gasteiger partial charge in [0.15, 0.2) is 0 Å². The van der Waals surface area contributed by atoms with E-state index in [-0.39, 0.29) is 18.4 Å². The lowest BCUT2D eigenvalue weighted by molar-refractivity contribution is -0.137. The van der Waals surface area contributed by atoms with Gasteiger partial charge in [0.2, 0.25) is 0 Å². The molecular formula is C12H16ClF3N2. The van der Waals surface area contributed by atoms with Crippen molar-refractivity contribution in [2.75, 3.05) is 18.4 Å². The number of nitrogens with one attached hydrogen (secondary N) is 2. The van der Waals surface area contributed by atoms with Gasteiger partial charge in [-0.3, -0.25) is 0 Å². The molecule has 0 bridgehead atoms. The molecule has 6 heteroatoms. The van der Waals surface area contributed by atoms with Crippen LogP contribution in [0.2, 0.25) is 0 Å². The summed E-state index contributed by atoms with van der Waals surface area (Å²) in [6.45, 7) is 1.83. The molecule has 1 aliphatic heterocycles. The number of halogens is 4. The summed E-state index contributed by atoms with van der Waals surface area (Å²) in [6.07, 6.45) is -2.39. The lowest BCUT2D eigenvalue weighted by Crippen LogP contribution is -2.35. The molecule has 2 nitrogen and oxygen atoms in total. The number of piperidine rings is 1. The van der Waals surface area contributed by atoms with E-state index in [0.717, 1.165) is 32.0 Å². The lowest BCUT2D eigenvalue weighted by Gasteiger charge is -2.25. The fourth-order valence-corrected chi connectivity index (χ4v) is 1.99. The number of anilines is 1. The molecule has 102 valence electrons. The molecular weight excluding hydrogens is 265 g/mol. The quantitative estimate of drug-likeness (QED) is 0.869. The molecule has 1 aliphatic rings. The van der Waals surface area contributed by atoms with E-state index < -0.39 is 11.7 Å². The van der Waals surface area contributed by atoms with Crippen molar-refractivity contribution in [3.05, 3.63) is 29.8 Å². The molecule has 2 rings (SSSR count). The van der Waals surface area contributed by atoms with E-state index in [1.54, 1.807) is 6.07 Å². The van der Waals surface area contributed by atoms with Crippen molar-refractivity contribution >= 4 is 18.1 Å². The fraction of sp³-hybridized carbons (Fsp3) is 0.500. The molecule has 0 amide bonds. The third-order valence-corrected chi connectivity index (χ3v) is 2.90. The Morgan fingerprint density at radius 2 is 1.83 bits per heavy atom. The Morgan fingerprint density at radius 3 is 2.44 bits per heavy atom. The maximum atomic E-state index is 12.5. The van der Waals surface area contributed by atoms with Crippen LogP contribution in [-0.2, 0) is 6.18 Å². The first-order valence-electron chi connectivity index (χ1n) is 5.70. The van der Waals surface area contributed by atoms with E-state index in [1.807, 2.05) is 0 Å². The van der Waals surface area contributed by atoms with Crippen molar-refractivity contribution in [3.63, 3.8) is 0 Å². The topological polar surface area (TPSA) is 24.1 Å². The van der Waals surface area contributed by atoms with Crippen LogP contribution in [0.25, 0.3) is 0 Å². The van der Waals surface area contributed by atoms with Gasteiger partial charge in [0.05, 0.1) is 5.56 Å². The van der Waals surface area contributed by atoms with Crippen molar-refractivity contribution in [1.29, 1.82) is 0 Å². The van der Waals surface area contributed by atoms with E-state index in [2.05, 4.69) is 10.6 Å². The van der Waals surface area contributed by atoms with Crippen molar-refractivity contribution < 1.29 is 13.2 Å². The van der Waals surface area contributed by atoms with Crippen molar-refractivity contribution in [1.82, 2.24) is 5.32 Å². The summed E-state index contributed by atoms with van der Waals surface area (Å²) in [7, 11) is 0. The van der Waals surface area contributed by atoms with Crippen LogP contribution in [0.3, 0.4) is 0 Å². The monoisotopic (exact) mass is 280 g/mol. The first-order valence-corrected chi connectivity index (χ1v) is 5.70. The van der Waals surface area contributed by atoms with Gasteiger partial charge in [0, 0.05) is 11.7 Å². The van der Waals surface area contributed by atoms with E-state index in [9.17, 15) is 13.2 Å². The van der Waals surface area contributed by atoms with Crippen LogP contribution in [0, 0.1) is 0 Å². The molecule has 1 aromatic rings. The van der Waals surface area contributed by atoms with Crippen molar-refractivity contribution in [2.24, 2.45) is 0 Å². The molecule has 0 spiro atoms. The molecule has 0 unspecified atom stereocenters. The van der Waals surface area contributed by atoms with Crippen molar-refractivity contribution in [3.8, 4) is 0 Å². The Kier molecular flexibility index (Phi) is 5.28. The van der Waals surface area contributed by atoms with E-state index >= 15 is 0 Å². The summed E-state index contributed by atoms with van der Waals surface area (Å²) in [5, 5.41) is 6.37. The number of rotatable bonds is 2. The van der Waals surface area contributed by atoms with Crippen LogP contribution in [0.1, 0.15) is 18.4 Å². The maximum absolute atomic E-state index is 12.5. The molecule has 18 heavy (non-hydrogen) atoms. The SMILES string of the molecule is Cl.FC(F)(F)c1cccc(NC2CCNCC2)c1. The zero-order chi connectivity index (χ0) is 12.3. The predicted molar refractivity (Wildman–Crippen MR) is 68.2 cm³/mol. The van der Waals surface area contributed by atoms with Gasteiger partial charge in [-0.2, -0.15) is 13.2 Å². The van der Waals surface area contributed by atoms with Crippen LogP contribution in [0.15, 0.2) is 24.3 Å². The molecule has 1 fully saturated rings. The summed E-state index contributed by atoms with van der Waals surface area (Å²) in [4.78, 5) is 0. The van der Waals surface area contributed by atoms with Gasteiger partial charge in [-0.1, -0.05) is 6.07 Å². The second kappa shape index (κ2) is 6.29. The molecule has 1 aromatic carbocycles. The zero-order valence-corrected chi connectivity index (χ0v) is 10.6. The molecule has 2 N–H and O–H groups in total. The largest absolute Gasteiger partial charge is 0.416 e. The number of alkyl halides is 3. The maximum Gasteiger partial charge on any atom is 0.416 e. The molecule has 1 saturated heterocycles. The van der Waals surface area contributed by atoms with Crippen molar-refractivity contribution in [2.45, 2.75) is 25.1 Å². The minimum absolute atomic E-state index is 0. The molecule has 0 radical (unpaired) electrons. The summed E-state index contributed by atoms with van der Waals surface area (Å²) < 4.78 is 37.5. The fourth-order valence-electron chi connectivity index (χ4n) is 1.99. The predicted octanol–water partition coefficient (Wildman–Crippen LogP) is 3.29. The van der Waals surface area contributed by atoms with Gasteiger partial charge < -0.3 is 10.6 Å². The average molecular weight is 281 g/mol. The summed E-state index contributed by atoms with van der Waals surface area (Å²) in [5.41, 5.74) is -0.0526. The summed E-state index contributed by atoms with van der Waals surface area (Å²) in [6, 6.07) is 5.64. The number of benzene rings is 1. The van der Waals surface area contributed by atoms with Gasteiger partial charge in [0.25, 0.3) is 0 Å². The van der Waals surface area contributed by atoms with E-state index in [0.29, 0.717) is 5.69 Å². The van der Waals surface area contributed by atoms with Gasteiger partial charge >= 0.3 is 6.18 Å². The van der Waals surface area contributed by atoms with Gasteiger partial charge in [0.1, 0.15) is 0 Å². The molecule has 1 heterocycles. The minimum Gasteiger partial charge on any atom is -0.382 e. The van der Waals surface area contributed by atoms with Crippen LogP contribution >= 0.6 is 12.4 Å². The summed E-state index contributed by atoms with van der Waals surface area (Å²) >= 11 is 0. The Balaban J connectivity index is 0.00000162. The second-order valence-electron chi connectivity index (χ2n) is 4.25. The highest BCUT2D eigenvalue weighted by atomic mass is 35.5. The van der Waals surface area contributed by atoms with Crippen LogP contribution in [0.4, 0.5) is 18.9 Å². The standard InChI is InChI=1S/C12H15F3N2.ClH/c13-12(14,15)9-2-1-3-11(8-9)17-10-4-6-16-7-5-10;/h1-3,8,10,16-17H,4-7H2;1H. The molecule has 0 aliphatic carbocycles. The average Bonchev–Trinajstić information content (AvgIpc) is 2.29. The Hall–Kier alpha value is -0.940. The molecule has 0 aromatic heterocycles. The summed E-state index contributed by atoms with van der Waals surface area (Å²) in [5.74, 6) is 0. The van der Waals surface area contributed by atoms with Crippen LogP contribution in [0.5, 0.6) is 0 Å². The molecule has 0 saturated carbocycles. The highest BCUT2D eigenvalue weighted by molar-refractivity contribution is 5.85. The highest BCUT2D eigenvalue weighted by Gasteiger charge is 2.30. The van der Waals surface area contributed by atoms with Crippen LogP contribution in [-0.4, -0.2) is 19.1 Å². The van der Waals surface area contributed by atoms with Gasteiger partial charge in [-0.15, -0.1) is 12.4 Å². The second-order valence-corrected chi connectivity index (χ2v) is 4.25. The van der Waals surface area contributed by atoms with Gasteiger partial charge in [-0.05, 0) is 44.1 Å². The Bertz CT molecular complexity index is 376. The highest BCUT2D eigenvalue weighted by Crippen LogP contribution is 2.30.